The molecule has 0 rings (SSSR count). The van der Waals surface area contributed by atoms with Crippen LogP contribution in [0.5, 0.6) is 0 Å². The minimum Gasteiger partial charge on any atom is -0.352 e. The number of nitrogens with zero attached hydrogens (tertiary/aromatic N) is 1. The van der Waals surface area contributed by atoms with Crippen LogP contribution in [0.15, 0.2) is 12.2 Å². The molecule has 0 heterocycles. The fourth-order valence-electron chi connectivity index (χ4n) is 1.21. The lowest BCUT2D eigenvalue weighted by molar-refractivity contribution is -0.911. The molecular formula is C12H25N2O+. The number of quaternary nitrogens is 1. The quantitative estimate of drug-likeness (QED) is 0.526. The third-order valence-corrected chi connectivity index (χ3v) is 3.24. The minimum atomic E-state index is -0.0380. The van der Waals surface area contributed by atoms with E-state index in [1.54, 1.807) is 6.92 Å². The van der Waals surface area contributed by atoms with E-state index >= 15 is 0 Å². The minimum absolute atomic E-state index is 0.0380. The molecule has 3 heteroatoms. The highest BCUT2D eigenvalue weighted by atomic mass is 16.1. The second-order valence-electron chi connectivity index (χ2n) is 4.77. The summed E-state index contributed by atoms with van der Waals surface area (Å²) in [5.74, 6) is -0.0380. The third kappa shape index (κ3) is 4.98. The number of carbonyl (C=O) groups excluding carboxylic acids is 1. The molecule has 1 atom stereocenters. The zero-order valence-corrected chi connectivity index (χ0v) is 10.8. The zero-order chi connectivity index (χ0) is 12.1. The van der Waals surface area contributed by atoms with Gasteiger partial charge in [-0.1, -0.05) is 6.58 Å². The summed E-state index contributed by atoms with van der Waals surface area (Å²) in [6, 6.07) is 0.556. The second kappa shape index (κ2) is 5.91. The topological polar surface area (TPSA) is 29.1 Å². The van der Waals surface area contributed by atoms with Crippen molar-refractivity contribution in [1.82, 2.24) is 5.32 Å². The van der Waals surface area contributed by atoms with Gasteiger partial charge in [0.25, 0.3) is 0 Å². The summed E-state index contributed by atoms with van der Waals surface area (Å²) in [6.45, 7) is 11.6. The van der Waals surface area contributed by atoms with Gasteiger partial charge < -0.3 is 9.80 Å². The van der Waals surface area contributed by atoms with Crippen molar-refractivity contribution in [3.05, 3.63) is 12.2 Å². The molecule has 1 N–H and O–H groups in total. The third-order valence-electron chi connectivity index (χ3n) is 3.24. The maximum absolute atomic E-state index is 11.2. The van der Waals surface area contributed by atoms with Gasteiger partial charge in [-0.05, 0) is 20.8 Å². The van der Waals surface area contributed by atoms with Crippen molar-refractivity contribution in [1.29, 1.82) is 0 Å². The summed E-state index contributed by atoms with van der Waals surface area (Å²) in [7, 11) is 4.43. The smallest absolute Gasteiger partial charge is 0.246 e. The molecule has 0 aromatic rings. The maximum atomic E-state index is 11.2. The summed E-state index contributed by atoms with van der Waals surface area (Å²) in [6.07, 6.45) is 1.000. The Labute approximate surface area is 93.7 Å². The lowest BCUT2D eigenvalue weighted by Crippen LogP contribution is -2.48. The molecule has 15 heavy (non-hydrogen) atoms. The molecule has 88 valence electrons. The number of amides is 1. The molecule has 0 bridgehead atoms. The van der Waals surface area contributed by atoms with E-state index in [0.29, 0.717) is 11.6 Å². The Morgan fingerprint density at radius 1 is 1.47 bits per heavy atom. The molecule has 0 aromatic heterocycles. The van der Waals surface area contributed by atoms with Crippen LogP contribution in [0.25, 0.3) is 0 Å². The van der Waals surface area contributed by atoms with Gasteiger partial charge in [0, 0.05) is 18.5 Å². The SMILES string of the molecule is C=C(C)C(=O)NCCC(C)[N+](C)(C)CC. The van der Waals surface area contributed by atoms with Gasteiger partial charge in [0.15, 0.2) is 0 Å². The van der Waals surface area contributed by atoms with Crippen molar-refractivity contribution < 1.29 is 9.28 Å². The van der Waals surface area contributed by atoms with E-state index in [0.717, 1.165) is 24.0 Å². The van der Waals surface area contributed by atoms with Gasteiger partial charge in [-0.2, -0.15) is 0 Å². The van der Waals surface area contributed by atoms with Gasteiger partial charge in [-0.15, -0.1) is 0 Å². The van der Waals surface area contributed by atoms with Crippen LogP contribution in [0.1, 0.15) is 27.2 Å². The van der Waals surface area contributed by atoms with Crippen molar-refractivity contribution >= 4 is 5.91 Å². The predicted octanol–water partition coefficient (Wildman–Crippen LogP) is 1.55. The average Bonchev–Trinajstić information content (AvgIpc) is 2.17. The molecule has 0 saturated heterocycles. The van der Waals surface area contributed by atoms with Crippen LogP contribution in [0, 0.1) is 0 Å². The molecule has 0 aliphatic rings. The fraction of sp³-hybridized carbons (Fsp3) is 0.750. The predicted molar refractivity (Wildman–Crippen MR) is 64.6 cm³/mol. The van der Waals surface area contributed by atoms with Crippen LogP contribution in [0.3, 0.4) is 0 Å². The van der Waals surface area contributed by atoms with Crippen molar-refractivity contribution in [3.8, 4) is 0 Å². The monoisotopic (exact) mass is 213 g/mol. The molecule has 0 fully saturated rings. The van der Waals surface area contributed by atoms with E-state index in [-0.39, 0.29) is 5.91 Å². The zero-order valence-electron chi connectivity index (χ0n) is 10.8. The summed E-state index contributed by atoms with van der Waals surface area (Å²) < 4.78 is 0.989. The Bertz CT molecular complexity index is 234. The van der Waals surface area contributed by atoms with E-state index < -0.39 is 0 Å². The van der Waals surface area contributed by atoms with Gasteiger partial charge in [-0.3, -0.25) is 4.79 Å². The van der Waals surface area contributed by atoms with E-state index in [1.165, 1.54) is 0 Å². The van der Waals surface area contributed by atoms with Crippen LogP contribution in [0.4, 0.5) is 0 Å². The Balaban J connectivity index is 3.87. The van der Waals surface area contributed by atoms with Crippen molar-refractivity contribution in [3.63, 3.8) is 0 Å². The standard InChI is InChI=1S/C12H24N2O/c1-7-14(5,6)11(4)8-9-13-12(15)10(2)3/h11H,2,7-9H2,1,3-6H3/p+1. The summed E-state index contributed by atoms with van der Waals surface area (Å²) >= 11 is 0. The number of rotatable bonds is 6. The molecule has 3 nitrogen and oxygen atoms in total. The molecule has 0 saturated carbocycles. The second-order valence-corrected chi connectivity index (χ2v) is 4.77. The Hall–Kier alpha value is -0.830. The summed E-state index contributed by atoms with van der Waals surface area (Å²) in [5.41, 5.74) is 0.576. The largest absolute Gasteiger partial charge is 0.352 e. The molecule has 0 aliphatic carbocycles. The first-order valence-electron chi connectivity index (χ1n) is 5.57. The van der Waals surface area contributed by atoms with Crippen LogP contribution >= 0.6 is 0 Å². The Morgan fingerprint density at radius 2 is 2.00 bits per heavy atom. The van der Waals surface area contributed by atoms with Crippen LogP contribution in [0.2, 0.25) is 0 Å². The summed E-state index contributed by atoms with van der Waals surface area (Å²) in [4.78, 5) is 11.2. The first kappa shape index (κ1) is 14.2. The first-order chi connectivity index (χ1) is 6.81. The Kier molecular flexibility index (Phi) is 5.58. The van der Waals surface area contributed by atoms with Crippen LogP contribution in [-0.2, 0) is 4.79 Å². The lowest BCUT2D eigenvalue weighted by Gasteiger charge is -2.35. The molecule has 0 aliphatic heterocycles. The van der Waals surface area contributed by atoms with Crippen molar-refractivity contribution in [2.45, 2.75) is 33.2 Å². The van der Waals surface area contributed by atoms with Gasteiger partial charge in [0.1, 0.15) is 0 Å². The average molecular weight is 213 g/mol. The summed E-state index contributed by atoms with van der Waals surface area (Å²) in [5, 5.41) is 2.86. The van der Waals surface area contributed by atoms with Gasteiger partial charge >= 0.3 is 0 Å². The molecule has 1 amide bonds. The molecule has 0 radical (unpaired) electrons. The van der Waals surface area contributed by atoms with Crippen molar-refractivity contribution in [2.75, 3.05) is 27.2 Å². The highest BCUT2D eigenvalue weighted by Gasteiger charge is 2.21. The molecule has 0 spiro atoms. The van der Waals surface area contributed by atoms with E-state index in [9.17, 15) is 4.79 Å². The van der Waals surface area contributed by atoms with E-state index in [4.69, 9.17) is 0 Å². The number of hydrogen-bond donors (Lipinski definition) is 1. The van der Waals surface area contributed by atoms with Gasteiger partial charge in [0.05, 0.1) is 26.7 Å². The van der Waals surface area contributed by atoms with Gasteiger partial charge in [-0.25, -0.2) is 0 Å². The maximum Gasteiger partial charge on any atom is 0.246 e. The fourth-order valence-corrected chi connectivity index (χ4v) is 1.21. The lowest BCUT2D eigenvalue weighted by atomic mass is 10.1. The van der Waals surface area contributed by atoms with Crippen molar-refractivity contribution in [2.24, 2.45) is 0 Å². The van der Waals surface area contributed by atoms with E-state index in [1.807, 2.05) is 0 Å². The highest BCUT2D eigenvalue weighted by molar-refractivity contribution is 5.91. The number of nitrogens with one attached hydrogen (secondary N) is 1. The van der Waals surface area contributed by atoms with Gasteiger partial charge in [0.2, 0.25) is 5.91 Å². The van der Waals surface area contributed by atoms with E-state index in [2.05, 4.69) is 39.8 Å². The molecule has 1 unspecified atom stereocenters. The number of carbonyl (C=O) groups is 1. The first-order valence-corrected chi connectivity index (χ1v) is 5.57. The normalized spacial score (nSPS) is 13.4. The van der Waals surface area contributed by atoms with Crippen LogP contribution < -0.4 is 5.32 Å². The molecule has 0 aromatic carbocycles. The number of hydrogen-bond acceptors (Lipinski definition) is 1. The highest BCUT2D eigenvalue weighted by Crippen LogP contribution is 2.08. The van der Waals surface area contributed by atoms with Crippen LogP contribution in [-0.4, -0.2) is 43.6 Å². The Morgan fingerprint density at radius 3 is 2.40 bits per heavy atom. The molecular weight excluding hydrogens is 188 g/mol.